The van der Waals surface area contributed by atoms with E-state index in [0.717, 1.165) is 22.4 Å². The van der Waals surface area contributed by atoms with Gasteiger partial charge in [-0.15, -0.1) is 0 Å². The Labute approximate surface area is 157 Å². The van der Waals surface area contributed by atoms with E-state index in [0.29, 0.717) is 13.7 Å². The topological polar surface area (TPSA) is 20.3 Å². The van der Waals surface area contributed by atoms with Crippen LogP contribution in [0.4, 0.5) is 10.1 Å². The number of thioether (sulfide) groups is 1. The average molecular weight is 422 g/mol. The van der Waals surface area contributed by atoms with Gasteiger partial charge in [-0.1, -0.05) is 36.1 Å². The first-order valence-electron chi connectivity index (χ1n) is 7.17. The molecule has 2 nitrogen and oxygen atoms in total. The zero-order valence-corrected chi connectivity index (χ0v) is 16.2. The maximum Gasteiger partial charge on any atom is 0.270 e. The van der Waals surface area contributed by atoms with Crippen LogP contribution in [0, 0.1) is 19.7 Å². The number of nitrogens with zero attached hydrogens (tertiary/aromatic N) is 1. The maximum absolute atomic E-state index is 13.3. The molecule has 0 bridgehead atoms. The molecule has 1 heterocycles. The molecule has 0 radical (unpaired) electrons. The van der Waals surface area contributed by atoms with Crippen molar-refractivity contribution in [3.63, 3.8) is 0 Å². The lowest BCUT2D eigenvalue weighted by Gasteiger charge is -2.15. The first kappa shape index (κ1) is 17.3. The number of hydrogen-bond donors (Lipinski definition) is 0. The summed E-state index contributed by atoms with van der Waals surface area (Å²) in [7, 11) is 0. The number of benzene rings is 2. The number of carbonyl (C=O) groups excluding carboxylic acids is 1. The van der Waals surface area contributed by atoms with E-state index in [1.54, 1.807) is 18.2 Å². The first-order valence-corrected chi connectivity index (χ1v) is 9.19. The van der Waals surface area contributed by atoms with Crippen LogP contribution in [0.25, 0.3) is 6.08 Å². The van der Waals surface area contributed by atoms with Crippen LogP contribution < -0.4 is 4.90 Å². The smallest absolute Gasteiger partial charge is 0.268 e. The van der Waals surface area contributed by atoms with Crippen molar-refractivity contribution in [1.82, 2.24) is 0 Å². The van der Waals surface area contributed by atoms with Gasteiger partial charge >= 0.3 is 0 Å². The largest absolute Gasteiger partial charge is 0.270 e. The molecule has 2 aromatic rings. The Hall–Kier alpha value is -1.50. The SMILES string of the molecule is Cc1ccc(N2C(=O)C(=Cc3ccc(F)c(Br)c3)SC2=S)cc1C. The molecule has 0 N–H and O–H groups in total. The van der Waals surface area contributed by atoms with Crippen LogP contribution in [-0.4, -0.2) is 10.2 Å². The average Bonchev–Trinajstić information content (AvgIpc) is 2.80. The van der Waals surface area contributed by atoms with Crippen LogP contribution in [-0.2, 0) is 4.79 Å². The fourth-order valence-corrected chi connectivity index (χ4v) is 4.00. The number of amides is 1. The van der Waals surface area contributed by atoms with E-state index in [2.05, 4.69) is 15.9 Å². The van der Waals surface area contributed by atoms with Crippen molar-refractivity contribution in [1.29, 1.82) is 0 Å². The Morgan fingerprint density at radius 2 is 1.92 bits per heavy atom. The molecule has 0 aromatic heterocycles. The molecule has 0 aliphatic carbocycles. The molecule has 122 valence electrons. The van der Waals surface area contributed by atoms with Crippen LogP contribution >= 0.6 is 39.9 Å². The van der Waals surface area contributed by atoms with Crippen LogP contribution in [0.2, 0.25) is 0 Å². The Balaban J connectivity index is 1.94. The third kappa shape index (κ3) is 3.31. The standard InChI is InChI=1S/C18H13BrFNOS2/c1-10-3-5-13(7-11(10)2)21-17(22)16(24-18(21)23)9-12-4-6-15(20)14(19)8-12/h3-9H,1-2H3. The van der Waals surface area contributed by atoms with Crippen LogP contribution in [0.3, 0.4) is 0 Å². The third-order valence-corrected chi connectivity index (χ3v) is 5.69. The first-order chi connectivity index (χ1) is 11.4. The van der Waals surface area contributed by atoms with Crippen molar-refractivity contribution in [3.05, 3.63) is 68.3 Å². The molecule has 0 saturated carbocycles. The summed E-state index contributed by atoms with van der Waals surface area (Å²) >= 11 is 9.78. The molecular weight excluding hydrogens is 409 g/mol. The zero-order valence-electron chi connectivity index (χ0n) is 13.0. The third-order valence-electron chi connectivity index (χ3n) is 3.78. The molecule has 1 aliphatic heterocycles. The Morgan fingerprint density at radius 1 is 1.17 bits per heavy atom. The van der Waals surface area contributed by atoms with Gasteiger partial charge < -0.3 is 0 Å². The van der Waals surface area contributed by atoms with Gasteiger partial charge in [0.15, 0.2) is 4.32 Å². The van der Waals surface area contributed by atoms with Gasteiger partial charge in [-0.25, -0.2) is 4.39 Å². The van der Waals surface area contributed by atoms with Crippen molar-refractivity contribution in [3.8, 4) is 0 Å². The molecule has 0 unspecified atom stereocenters. The lowest BCUT2D eigenvalue weighted by Crippen LogP contribution is -2.27. The van der Waals surface area contributed by atoms with Crippen LogP contribution in [0.1, 0.15) is 16.7 Å². The predicted molar refractivity (Wildman–Crippen MR) is 106 cm³/mol. The van der Waals surface area contributed by atoms with Crippen molar-refractivity contribution in [2.24, 2.45) is 0 Å². The molecule has 24 heavy (non-hydrogen) atoms. The Kier molecular flexibility index (Phi) is 4.90. The van der Waals surface area contributed by atoms with Gasteiger partial charge in [0.2, 0.25) is 0 Å². The van der Waals surface area contributed by atoms with E-state index in [1.807, 2.05) is 32.0 Å². The van der Waals surface area contributed by atoms with Crippen molar-refractivity contribution >= 4 is 61.9 Å². The molecule has 6 heteroatoms. The highest BCUT2D eigenvalue weighted by molar-refractivity contribution is 9.10. The fourth-order valence-electron chi connectivity index (χ4n) is 2.31. The summed E-state index contributed by atoms with van der Waals surface area (Å²) in [4.78, 5) is 14.8. The lowest BCUT2D eigenvalue weighted by molar-refractivity contribution is -0.113. The highest BCUT2D eigenvalue weighted by atomic mass is 79.9. The number of rotatable bonds is 2. The Morgan fingerprint density at radius 3 is 2.58 bits per heavy atom. The summed E-state index contributed by atoms with van der Waals surface area (Å²) < 4.78 is 14.2. The van der Waals surface area contributed by atoms with Gasteiger partial charge in [-0.3, -0.25) is 9.69 Å². The van der Waals surface area contributed by atoms with E-state index >= 15 is 0 Å². The van der Waals surface area contributed by atoms with E-state index in [9.17, 15) is 9.18 Å². The molecule has 1 aliphatic rings. The van der Waals surface area contributed by atoms with Gasteiger partial charge in [0, 0.05) is 0 Å². The molecular formula is C18H13BrFNOS2. The number of thiocarbonyl (C=S) groups is 1. The number of carbonyl (C=O) groups is 1. The molecule has 2 aromatic carbocycles. The molecule has 1 amide bonds. The number of halogens is 2. The van der Waals surface area contributed by atoms with E-state index in [4.69, 9.17) is 12.2 Å². The fraction of sp³-hybridized carbons (Fsp3) is 0.111. The predicted octanol–water partition coefficient (Wildman–Crippen LogP) is 5.61. The minimum atomic E-state index is -0.338. The van der Waals surface area contributed by atoms with Crippen LogP contribution in [0.5, 0.6) is 0 Å². The van der Waals surface area contributed by atoms with Crippen LogP contribution in [0.15, 0.2) is 45.8 Å². The van der Waals surface area contributed by atoms with Crippen molar-refractivity contribution < 1.29 is 9.18 Å². The minimum Gasteiger partial charge on any atom is -0.268 e. The van der Waals surface area contributed by atoms with Gasteiger partial charge in [0.25, 0.3) is 5.91 Å². The maximum atomic E-state index is 13.3. The summed E-state index contributed by atoms with van der Waals surface area (Å²) in [6.45, 7) is 4.03. The molecule has 1 fully saturated rings. The lowest BCUT2D eigenvalue weighted by atomic mass is 10.1. The van der Waals surface area contributed by atoms with Crippen molar-refractivity contribution in [2.75, 3.05) is 4.90 Å². The highest BCUT2D eigenvalue weighted by Gasteiger charge is 2.33. The number of anilines is 1. The summed E-state index contributed by atoms with van der Waals surface area (Å²) in [6.07, 6.45) is 1.73. The summed E-state index contributed by atoms with van der Waals surface area (Å²) in [5.74, 6) is -0.497. The highest BCUT2D eigenvalue weighted by Crippen LogP contribution is 2.36. The van der Waals surface area contributed by atoms with Gasteiger partial charge in [0.05, 0.1) is 15.1 Å². The molecule has 3 rings (SSSR count). The van der Waals surface area contributed by atoms with Gasteiger partial charge in [-0.2, -0.15) is 0 Å². The molecule has 0 atom stereocenters. The number of aryl methyl sites for hydroxylation is 2. The summed E-state index contributed by atoms with van der Waals surface area (Å²) in [5, 5.41) is 0. The van der Waals surface area contributed by atoms with Gasteiger partial charge in [-0.05, 0) is 76.8 Å². The van der Waals surface area contributed by atoms with E-state index < -0.39 is 0 Å². The number of hydrogen-bond acceptors (Lipinski definition) is 3. The van der Waals surface area contributed by atoms with Gasteiger partial charge in [0.1, 0.15) is 5.82 Å². The van der Waals surface area contributed by atoms with E-state index in [-0.39, 0.29) is 11.7 Å². The Bertz CT molecular complexity index is 895. The quantitative estimate of drug-likeness (QED) is 0.464. The zero-order chi connectivity index (χ0) is 17.4. The summed E-state index contributed by atoms with van der Waals surface area (Å²) in [5.41, 5.74) is 3.78. The molecule has 0 spiro atoms. The summed E-state index contributed by atoms with van der Waals surface area (Å²) in [6, 6.07) is 10.5. The second kappa shape index (κ2) is 6.78. The normalized spacial score (nSPS) is 16.3. The van der Waals surface area contributed by atoms with E-state index in [1.165, 1.54) is 22.7 Å². The minimum absolute atomic E-state index is 0.159. The second-order valence-electron chi connectivity index (χ2n) is 5.46. The monoisotopic (exact) mass is 421 g/mol. The second-order valence-corrected chi connectivity index (χ2v) is 7.99. The molecule has 1 saturated heterocycles. The van der Waals surface area contributed by atoms with Crippen molar-refractivity contribution in [2.45, 2.75) is 13.8 Å².